The number of aromatic nitrogens is 2. The number of nitrogens with zero attached hydrogens (tertiary/aromatic N) is 4. The number of rotatable bonds is 9. The number of ether oxygens (including phenoxy) is 1. The smallest absolute Gasteiger partial charge is 0.331 e. The van der Waals surface area contributed by atoms with E-state index in [4.69, 9.17) is 15.1 Å². The van der Waals surface area contributed by atoms with Crippen LogP contribution < -0.4 is 4.90 Å². The zero-order chi connectivity index (χ0) is 24.5. The van der Waals surface area contributed by atoms with E-state index in [1.165, 1.54) is 11.0 Å². The molecule has 0 aliphatic rings. The molecule has 174 valence electrons. The number of amides is 1. The van der Waals surface area contributed by atoms with Crippen LogP contribution in [0.2, 0.25) is 0 Å². The van der Waals surface area contributed by atoms with Crippen LogP contribution in [-0.4, -0.2) is 34.8 Å². The van der Waals surface area contributed by atoms with Crippen molar-refractivity contribution in [2.24, 2.45) is 0 Å². The minimum atomic E-state index is -0.656. The van der Waals surface area contributed by atoms with Crippen LogP contribution in [0.4, 0.5) is 5.69 Å². The fourth-order valence-electron chi connectivity index (χ4n) is 3.43. The molecule has 0 saturated heterocycles. The van der Waals surface area contributed by atoms with Crippen molar-refractivity contribution in [1.29, 1.82) is 5.26 Å². The van der Waals surface area contributed by atoms with Gasteiger partial charge in [0, 0.05) is 23.5 Å². The molecule has 0 radical (unpaired) electrons. The molecule has 7 nitrogen and oxygen atoms in total. The number of nitriles is 1. The van der Waals surface area contributed by atoms with E-state index in [1.54, 1.807) is 41.7 Å². The van der Waals surface area contributed by atoms with Gasteiger partial charge in [-0.3, -0.25) is 14.4 Å². The summed E-state index contributed by atoms with van der Waals surface area (Å²) in [4.78, 5) is 27.2. The quantitative estimate of drug-likeness (QED) is 0.195. The minimum absolute atomic E-state index is 0.138. The Morgan fingerprint density at radius 3 is 2.49 bits per heavy atom. The molecule has 2 aromatic heterocycles. The number of benzene rings is 2. The summed E-state index contributed by atoms with van der Waals surface area (Å²) in [5, 5.41) is 15.7. The summed E-state index contributed by atoms with van der Waals surface area (Å²) in [5.74, 6) is -1.13. The predicted molar refractivity (Wildman–Crippen MR) is 135 cm³/mol. The first-order chi connectivity index (χ1) is 17.1. The van der Waals surface area contributed by atoms with Gasteiger partial charge < -0.3 is 4.74 Å². The van der Waals surface area contributed by atoms with Gasteiger partial charge in [0.15, 0.2) is 6.61 Å². The largest absolute Gasteiger partial charge is 0.452 e. The summed E-state index contributed by atoms with van der Waals surface area (Å²) >= 11 is 1.56. The van der Waals surface area contributed by atoms with Gasteiger partial charge >= 0.3 is 5.97 Å². The van der Waals surface area contributed by atoms with E-state index in [-0.39, 0.29) is 6.54 Å². The van der Waals surface area contributed by atoms with Gasteiger partial charge in [-0.15, -0.1) is 11.3 Å². The molecule has 0 aliphatic heterocycles. The Balaban J connectivity index is 1.44. The third-order valence-electron chi connectivity index (χ3n) is 5.07. The summed E-state index contributed by atoms with van der Waals surface area (Å²) in [7, 11) is 0. The Labute approximate surface area is 207 Å². The molecule has 4 aromatic rings. The Morgan fingerprint density at radius 2 is 1.80 bits per heavy atom. The van der Waals surface area contributed by atoms with Gasteiger partial charge in [-0.1, -0.05) is 54.6 Å². The SMILES string of the molecule is N#CCN(C(=O)COC(=O)/C=C/c1cn(Cc2ccccc2)nc1-c1cccs1)c1ccccc1. The first-order valence-electron chi connectivity index (χ1n) is 10.9. The van der Waals surface area contributed by atoms with E-state index < -0.39 is 18.5 Å². The molecule has 35 heavy (non-hydrogen) atoms. The summed E-state index contributed by atoms with van der Waals surface area (Å²) in [6.07, 6.45) is 4.80. The standard InChI is InChI=1S/C27H22N4O3S/c28-15-16-31(23-10-5-2-6-11-23)25(32)20-34-26(33)14-13-22-19-30(18-21-8-3-1-4-9-21)29-27(22)24-12-7-17-35-24/h1-14,17,19H,16,18,20H2/b14-13+. The second kappa shape index (κ2) is 11.6. The Bertz CT molecular complexity index is 1340. The Morgan fingerprint density at radius 1 is 1.06 bits per heavy atom. The summed E-state index contributed by atoms with van der Waals surface area (Å²) < 4.78 is 6.99. The number of anilines is 1. The van der Waals surface area contributed by atoms with Crippen LogP contribution in [0.25, 0.3) is 16.6 Å². The van der Waals surface area contributed by atoms with Crippen molar-refractivity contribution in [2.75, 3.05) is 18.1 Å². The lowest BCUT2D eigenvalue weighted by atomic mass is 10.2. The molecule has 0 saturated carbocycles. The average Bonchev–Trinajstić information content (AvgIpc) is 3.56. The monoisotopic (exact) mass is 482 g/mol. The van der Waals surface area contributed by atoms with Gasteiger partial charge in [-0.05, 0) is 35.2 Å². The van der Waals surface area contributed by atoms with E-state index >= 15 is 0 Å². The molecular formula is C27H22N4O3S. The number of carbonyl (C=O) groups is 2. The van der Waals surface area contributed by atoms with Crippen LogP contribution in [0.15, 0.2) is 90.4 Å². The lowest BCUT2D eigenvalue weighted by Gasteiger charge is -2.19. The fourth-order valence-corrected chi connectivity index (χ4v) is 4.17. The molecule has 0 unspecified atom stereocenters. The van der Waals surface area contributed by atoms with Gasteiger partial charge in [-0.25, -0.2) is 4.79 Å². The lowest BCUT2D eigenvalue weighted by Crippen LogP contribution is -2.34. The average molecular weight is 483 g/mol. The molecule has 0 N–H and O–H groups in total. The maximum Gasteiger partial charge on any atom is 0.331 e. The predicted octanol–water partition coefficient (Wildman–Crippen LogP) is 4.77. The lowest BCUT2D eigenvalue weighted by molar-refractivity contribution is -0.142. The van der Waals surface area contributed by atoms with Crippen LogP contribution in [0.1, 0.15) is 11.1 Å². The van der Waals surface area contributed by atoms with Crippen LogP contribution in [0.3, 0.4) is 0 Å². The van der Waals surface area contributed by atoms with Crippen molar-refractivity contribution in [2.45, 2.75) is 6.54 Å². The normalized spacial score (nSPS) is 10.7. The maximum absolute atomic E-state index is 12.6. The third kappa shape index (κ3) is 6.31. The van der Waals surface area contributed by atoms with E-state index in [2.05, 4.69) is 0 Å². The molecule has 0 fully saturated rings. The first-order valence-corrected chi connectivity index (χ1v) is 11.7. The fraction of sp³-hybridized carbons (Fsp3) is 0.111. The molecule has 8 heteroatoms. The highest BCUT2D eigenvalue weighted by Crippen LogP contribution is 2.28. The summed E-state index contributed by atoms with van der Waals surface area (Å²) in [6.45, 7) is -0.00791. The van der Waals surface area contributed by atoms with E-state index in [0.717, 1.165) is 21.7 Å². The molecule has 4 rings (SSSR count). The van der Waals surface area contributed by atoms with E-state index in [1.807, 2.05) is 70.9 Å². The summed E-state index contributed by atoms with van der Waals surface area (Å²) in [5.41, 5.74) is 3.21. The van der Waals surface area contributed by atoms with Crippen molar-refractivity contribution in [1.82, 2.24) is 9.78 Å². The molecule has 2 heterocycles. The van der Waals surface area contributed by atoms with Gasteiger partial charge in [0.25, 0.3) is 5.91 Å². The zero-order valence-electron chi connectivity index (χ0n) is 18.8. The van der Waals surface area contributed by atoms with Crippen molar-refractivity contribution in [3.8, 4) is 16.6 Å². The molecule has 1 amide bonds. The van der Waals surface area contributed by atoms with Gasteiger partial charge in [0.2, 0.25) is 0 Å². The number of hydrogen-bond donors (Lipinski definition) is 0. The molecule has 0 bridgehead atoms. The number of esters is 1. The highest BCUT2D eigenvalue weighted by Gasteiger charge is 2.17. The molecular weight excluding hydrogens is 460 g/mol. The van der Waals surface area contributed by atoms with Crippen molar-refractivity contribution in [3.63, 3.8) is 0 Å². The van der Waals surface area contributed by atoms with E-state index in [9.17, 15) is 9.59 Å². The number of hydrogen-bond acceptors (Lipinski definition) is 6. The van der Waals surface area contributed by atoms with Crippen molar-refractivity contribution in [3.05, 3.63) is 102 Å². The minimum Gasteiger partial charge on any atom is -0.452 e. The van der Waals surface area contributed by atoms with Crippen LogP contribution in [0.5, 0.6) is 0 Å². The molecule has 0 aliphatic carbocycles. The highest BCUT2D eigenvalue weighted by molar-refractivity contribution is 7.13. The van der Waals surface area contributed by atoms with Gasteiger partial charge in [0.05, 0.1) is 17.5 Å². The molecule has 0 atom stereocenters. The highest BCUT2D eigenvalue weighted by atomic mass is 32.1. The second-order valence-corrected chi connectivity index (χ2v) is 8.46. The Kier molecular flexibility index (Phi) is 7.84. The summed E-state index contributed by atoms with van der Waals surface area (Å²) in [6, 6.07) is 24.7. The van der Waals surface area contributed by atoms with Crippen LogP contribution >= 0.6 is 11.3 Å². The Hall–Kier alpha value is -4.48. The molecule has 2 aromatic carbocycles. The van der Waals surface area contributed by atoms with Crippen molar-refractivity contribution >= 4 is 35.0 Å². The second-order valence-electron chi connectivity index (χ2n) is 7.51. The zero-order valence-corrected chi connectivity index (χ0v) is 19.6. The molecule has 0 spiro atoms. The number of carbonyl (C=O) groups excluding carboxylic acids is 2. The maximum atomic E-state index is 12.6. The number of para-hydroxylation sites is 1. The van der Waals surface area contributed by atoms with Crippen LogP contribution in [-0.2, 0) is 20.9 Å². The van der Waals surface area contributed by atoms with Gasteiger partial charge in [-0.2, -0.15) is 10.4 Å². The van der Waals surface area contributed by atoms with Gasteiger partial charge in [0.1, 0.15) is 12.2 Å². The first kappa shape index (κ1) is 23.7. The van der Waals surface area contributed by atoms with E-state index in [0.29, 0.717) is 12.2 Å². The van der Waals surface area contributed by atoms with Crippen molar-refractivity contribution < 1.29 is 14.3 Å². The number of thiophene rings is 1. The topological polar surface area (TPSA) is 88.2 Å². The van der Waals surface area contributed by atoms with Crippen LogP contribution in [0, 0.1) is 11.3 Å². The third-order valence-corrected chi connectivity index (χ3v) is 5.94.